The number of carbonyl (C=O) groups is 3. The molecule has 3 aromatic rings. The maximum atomic E-state index is 12.3. The van der Waals surface area contributed by atoms with Gasteiger partial charge in [0.05, 0.1) is 11.3 Å². The molecule has 0 atom stereocenters. The van der Waals surface area contributed by atoms with Gasteiger partial charge in [0.2, 0.25) is 0 Å². The topological polar surface area (TPSA) is 96.9 Å². The SMILES string of the molecule is C/C(=N\NC(=O)C(=O)Nc1ccc(C)cc1)c1ccc(OC(=O)c2ccccc2Br)cc1. The number of amides is 2. The summed E-state index contributed by atoms with van der Waals surface area (Å²) in [6.07, 6.45) is 0. The lowest BCUT2D eigenvalue weighted by atomic mass is 10.1. The van der Waals surface area contributed by atoms with Gasteiger partial charge in [-0.25, -0.2) is 10.2 Å². The van der Waals surface area contributed by atoms with Gasteiger partial charge in [0.1, 0.15) is 5.75 Å². The Kier molecular flexibility index (Phi) is 7.51. The largest absolute Gasteiger partial charge is 0.423 e. The molecular weight excluding hydrogens is 474 g/mol. The van der Waals surface area contributed by atoms with Gasteiger partial charge >= 0.3 is 17.8 Å². The number of halogens is 1. The van der Waals surface area contributed by atoms with E-state index in [0.29, 0.717) is 32.7 Å². The van der Waals surface area contributed by atoms with E-state index in [1.54, 1.807) is 61.5 Å². The molecule has 0 saturated heterocycles. The lowest BCUT2D eigenvalue weighted by molar-refractivity contribution is -0.136. The summed E-state index contributed by atoms with van der Waals surface area (Å²) < 4.78 is 6.02. The van der Waals surface area contributed by atoms with Crippen molar-refractivity contribution in [1.82, 2.24) is 5.43 Å². The van der Waals surface area contributed by atoms with Gasteiger partial charge < -0.3 is 10.1 Å². The van der Waals surface area contributed by atoms with Gasteiger partial charge in [0.15, 0.2) is 0 Å². The summed E-state index contributed by atoms with van der Waals surface area (Å²) in [5.74, 6) is -1.82. The van der Waals surface area contributed by atoms with Crippen LogP contribution in [-0.4, -0.2) is 23.5 Å². The number of benzene rings is 3. The average molecular weight is 494 g/mol. The minimum atomic E-state index is -0.885. The minimum absolute atomic E-state index is 0.365. The van der Waals surface area contributed by atoms with Gasteiger partial charge in [-0.3, -0.25) is 9.59 Å². The lowest BCUT2D eigenvalue weighted by Gasteiger charge is -2.07. The molecular formula is C24H20BrN3O4. The van der Waals surface area contributed by atoms with Crippen molar-refractivity contribution < 1.29 is 19.1 Å². The highest BCUT2D eigenvalue weighted by molar-refractivity contribution is 9.10. The number of nitrogens with one attached hydrogen (secondary N) is 2. The molecule has 2 amide bonds. The summed E-state index contributed by atoms with van der Waals surface area (Å²) in [5.41, 5.74) is 5.37. The molecule has 0 unspecified atom stereocenters. The van der Waals surface area contributed by atoms with Crippen LogP contribution >= 0.6 is 15.9 Å². The number of rotatable bonds is 5. The van der Waals surface area contributed by atoms with Crippen LogP contribution in [-0.2, 0) is 9.59 Å². The average Bonchev–Trinajstić information content (AvgIpc) is 2.79. The van der Waals surface area contributed by atoms with Crippen molar-refractivity contribution in [1.29, 1.82) is 0 Å². The first kappa shape index (κ1) is 22.9. The summed E-state index contributed by atoms with van der Waals surface area (Å²) in [7, 11) is 0. The molecule has 0 heterocycles. The standard InChI is InChI=1S/C24H20BrN3O4/c1-15-7-11-18(12-8-15)26-22(29)23(30)28-27-16(2)17-9-13-19(14-10-17)32-24(31)20-5-3-4-6-21(20)25/h3-14H,1-2H3,(H,26,29)(H,28,30)/b27-16+. The molecule has 0 aliphatic rings. The first-order valence-corrected chi connectivity index (χ1v) is 10.4. The third-order valence-electron chi connectivity index (χ3n) is 4.42. The van der Waals surface area contributed by atoms with Crippen LogP contribution in [0.3, 0.4) is 0 Å². The van der Waals surface area contributed by atoms with E-state index in [-0.39, 0.29) is 0 Å². The molecule has 0 saturated carbocycles. The molecule has 3 aromatic carbocycles. The predicted molar refractivity (Wildman–Crippen MR) is 126 cm³/mol. The van der Waals surface area contributed by atoms with Gasteiger partial charge in [-0.15, -0.1) is 0 Å². The van der Waals surface area contributed by atoms with E-state index in [1.807, 2.05) is 25.1 Å². The van der Waals surface area contributed by atoms with Crippen LogP contribution < -0.4 is 15.5 Å². The van der Waals surface area contributed by atoms with Crippen molar-refractivity contribution in [2.45, 2.75) is 13.8 Å². The van der Waals surface area contributed by atoms with E-state index in [2.05, 4.69) is 31.8 Å². The number of ether oxygens (including phenoxy) is 1. The normalized spacial score (nSPS) is 10.9. The lowest BCUT2D eigenvalue weighted by Crippen LogP contribution is -2.32. The number of aryl methyl sites for hydroxylation is 1. The zero-order valence-corrected chi connectivity index (χ0v) is 19.0. The first-order valence-electron chi connectivity index (χ1n) is 9.63. The molecule has 3 rings (SSSR count). The molecule has 0 aromatic heterocycles. The van der Waals surface area contributed by atoms with Crippen LogP contribution in [0.5, 0.6) is 5.75 Å². The van der Waals surface area contributed by atoms with Gasteiger partial charge in [0, 0.05) is 10.2 Å². The van der Waals surface area contributed by atoms with Gasteiger partial charge in [-0.1, -0.05) is 29.8 Å². The van der Waals surface area contributed by atoms with E-state index >= 15 is 0 Å². The fourth-order valence-corrected chi connectivity index (χ4v) is 3.07. The van der Waals surface area contributed by atoms with Gasteiger partial charge in [-0.2, -0.15) is 5.10 Å². The third-order valence-corrected chi connectivity index (χ3v) is 5.11. The Bertz CT molecular complexity index is 1170. The summed E-state index contributed by atoms with van der Waals surface area (Å²) in [6, 6.07) is 20.7. The molecule has 32 heavy (non-hydrogen) atoms. The maximum absolute atomic E-state index is 12.3. The number of hydrogen-bond acceptors (Lipinski definition) is 5. The highest BCUT2D eigenvalue weighted by Crippen LogP contribution is 2.20. The van der Waals surface area contributed by atoms with E-state index in [9.17, 15) is 14.4 Å². The third kappa shape index (κ3) is 6.12. The van der Waals surface area contributed by atoms with Crippen molar-refractivity contribution in [3.63, 3.8) is 0 Å². The number of anilines is 1. The zero-order chi connectivity index (χ0) is 23.1. The molecule has 162 valence electrons. The summed E-state index contributed by atoms with van der Waals surface area (Å²) in [4.78, 5) is 36.3. The molecule has 8 heteroatoms. The Morgan fingerprint density at radius 3 is 2.19 bits per heavy atom. The Labute approximate surface area is 193 Å². The predicted octanol–water partition coefficient (Wildman–Crippen LogP) is 4.46. The van der Waals surface area contributed by atoms with Crippen LogP contribution in [0, 0.1) is 6.92 Å². The molecule has 0 spiro atoms. The Balaban J connectivity index is 1.57. The molecule has 0 bridgehead atoms. The molecule has 0 fully saturated rings. The molecule has 7 nitrogen and oxygen atoms in total. The van der Waals surface area contributed by atoms with Crippen LogP contribution in [0.2, 0.25) is 0 Å². The highest BCUT2D eigenvalue weighted by atomic mass is 79.9. The van der Waals surface area contributed by atoms with Crippen LogP contribution in [0.15, 0.2) is 82.4 Å². The number of carbonyl (C=O) groups excluding carboxylic acids is 3. The van der Waals surface area contributed by atoms with Crippen molar-refractivity contribution in [3.8, 4) is 5.75 Å². The first-order chi connectivity index (χ1) is 15.3. The van der Waals surface area contributed by atoms with E-state index in [1.165, 1.54) is 0 Å². The van der Waals surface area contributed by atoms with E-state index < -0.39 is 17.8 Å². The van der Waals surface area contributed by atoms with Crippen LogP contribution in [0.25, 0.3) is 0 Å². The van der Waals surface area contributed by atoms with Gasteiger partial charge in [-0.05, 0) is 83.9 Å². The quantitative estimate of drug-likeness (QED) is 0.180. The van der Waals surface area contributed by atoms with E-state index in [4.69, 9.17) is 4.74 Å². The second-order valence-electron chi connectivity index (χ2n) is 6.85. The fraction of sp³-hybridized carbons (Fsp3) is 0.0833. The van der Waals surface area contributed by atoms with Crippen LogP contribution in [0.4, 0.5) is 5.69 Å². The maximum Gasteiger partial charge on any atom is 0.344 e. The smallest absolute Gasteiger partial charge is 0.344 e. The highest BCUT2D eigenvalue weighted by Gasteiger charge is 2.14. The number of esters is 1. The summed E-state index contributed by atoms with van der Waals surface area (Å²) in [6.45, 7) is 3.61. The molecule has 0 radical (unpaired) electrons. The fourth-order valence-electron chi connectivity index (χ4n) is 2.63. The summed E-state index contributed by atoms with van der Waals surface area (Å²) in [5, 5.41) is 6.47. The minimum Gasteiger partial charge on any atom is -0.423 e. The Morgan fingerprint density at radius 1 is 0.875 bits per heavy atom. The number of nitrogens with zero attached hydrogens (tertiary/aromatic N) is 1. The number of hydrazone groups is 1. The second-order valence-corrected chi connectivity index (χ2v) is 7.71. The number of hydrogen-bond donors (Lipinski definition) is 2. The molecule has 0 aliphatic heterocycles. The molecule has 0 aliphatic carbocycles. The second kappa shape index (κ2) is 10.5. The van der Waals surface area contributed by atoms with Crippen molar-refractivity contribution in [2.75, 3.05) is 5.32 Å². The van der Waals surface area contributed by atoms with Crippen molar-refractivity contribution >= 4 is 45.1 Å². The summed E-state index contributed by atoms with van der Waals surface area (Å²) >= 11 is 3.32. The Hall–Kier alpha value is -3.78. The van der Waals surface area contributed by atoms with Crippen LogP contribution in [0.1, 0.15) is 28.4 Å². The zero-order valence-electron chi connectivity index (χ0n) is 17.4. The Morgan fingerprint density at radius 2 is 1.53 bits per heavy atom. The molecule has 2 N–H and O–H groups in total. The van der Waals surface area contributed by atoms with Crippen molar-refractivity contribution in [2.24, 2.45) is 5.10 Å². The monoisotopic (exact) mass is 493 g/mol. The van der Waals surface area contributed by atoms with Crippen molar-refractivity contribution in [3.05, 3.63) is 94.0 Å². The van der Waals surface area contributed by atoms with E-state index in [0.717, 1.165) is 5.56 Å². The van der Waals surface area contributed by atoms with Gasteiger partial charge in [0.25, 0.3) is 0 Å².